The topological polar surface area (TPSA) is 38.4 Å². The Labute approximate surface area is 88.0 Å². The highest BCUT2D eigenvalue weighted by molar-refractivity contribution is 5.86. The van der Waals surface area contributed by atoms with Crippen LogP contribution in [-0.4, -0.2) is 11.4 Å². The van der Waals surface area contributed by atoms with Crippen molar-refractivity contribution in [2.45, 2.75) is 65.3 Å². The predicted molar refractivity (Wildman–Crippen MR) is 62.6 cm³/mol. The second-order valence-corrected chi connectivity index (χ2v) is 5.79. The number of rotatable bonds is 1. The van der Waals surface area contributed by atoms with Gasteiger partial charge in [-0.1, -0.05) is 26.2 Å². The molecule has 0 aliphatic heterocycles. The van der Waals surface area contributed by atoms with E-state index in [1.165, 1.54) is 32.1 Å². The van der Waals surface area contributed by atoms with E-state index in [4.69, 9.17) is 5.73 Å². The summed E-state index contributed by atoms with van der Waals surface area (Å²) in [6, 6.07) is 0. The highest BCUT2D eigenvalue weighted by Gasteiger charge is 2.31. The summed E-state index contributed by atoms with van der Waals surface area (Å²) in [7, 11) is 0. The Balaban J connectivity index is 2.75. The van der Waals surface area contributed by atoms with Crippen molar-refractivity contribution in [2.24, 2.45) is 16.1 Å². The fourth-order valence-corrected chi connectivity index (χ4v) is 2.08. The van der Waals surface area contributed by atoms with Crippen molar-refractivity contribution in [2.75, 3.05) is 0 Å². The number of hydrogen-bond donors (Lipinski definition) is 1. The summed E-state index contributed by atoms with van der Waals surface area (Å²) in [6.07, 6.45) is 6.38. The van der Waals surface area contributed by atoms with Crippen molar-refractivity contribution in [3.63, 3.8) is 0 Å². The van der Waals surface area contributed by atoms with Gasteiger partial charge in [0.2, 0.25) is 0 Å². The molecule has 1 aliphatic carbocycles. The second kappa shape index (κ2) is 3.92. The first-order valence-corrected chi connectivity index (χ1v) is 5.69. The Hall–Kier alpha value is -0.530. The summed E-state index contributed by atoms with van der Waals surface area (Å²) in [4.78, 5) is 4.60. The summed E-state index contributed by atoms with van der Waals surface area (Å²) in [6.45, 7) is 8.57. The van der Waals surface area contributed by atoms with Gasteiger partial charge in [-0.3, -0.25) is 4.99 Å². The SMILES string of the molecule is CC(C)(C)N=C(N)C1(C)CCCCC1. The quantitative estimate of drug-likeness (QED) is 0.508. The molecule has 2 N–H and O–H groups in total. The lowest BCUT2D eigenvalue weighted by atomic mass is 9.74. The van der Waals surface area contributed by atoms with Crippen LogP contribution in [0.2, 0.25) is 0 Å². The van der Waals surface area contributed by atoms with E-state index in [9.17, 15) is 0 Å². The lowest BCUT2D eigenvalue weighted by Gasteiger charge is -2.34. The van der Waals surface area contributed by atoms with Gasteiger partial charge in [0.05, 0.1) is 5.54 Å². The van der Waals surface area contributed by atoms with Crippen LogP contribution < -0.4 is 5.73 Å². The van der Waals surface area contributed by atoms with Crippen molar-refractivity contribution in [3.05, 3.63) is 0 Å². The van der Waals surface area contributed by atoms with Crippen LogP contribution in [-0.2, 0) is 0 Å². The molecule has 1 rings (SSSR count). The van der Waals surface area contributed by atoms with Crippen LogP contribution in [0.25, 0.3) is 0 Å². The highest BCUT2D eigenvalue weighted by atomic mass is 14.9. The number of nitrogens with two attached hydrogens (primary N) is 1. The molecule has 0 atom stereocenters. The smallest absolute Gasteiger partial charge is 0.100 e. The van der Waals surface area contributed by atoms with Crippen molar-refractivity contribution in [3.8, 4) is 0 Å². The highest BCUT2D eigenvalue weighted by Crippen LogP contribution is 2.36. The zero-order chi connectivity index (χ0) is 10.8. The van der Waals surface area contributed by atoms with Crippen LogP contribution in [0.4, 0.5) is 0 Å². The predicted octanol–water partition coefficient (Wildman–Crippen LogP) is 3.11. The van der Waals surface area contributed by atoms with Gasteiger partial charge in [-0.15, -0.1) is 0 Å². The van der Waals surface area contributed by atoms with Gasteiger partial charge in [-0.05, 0) is 33.6 Å². The van der Waals surface area contributed by atoms with Crippen LogP contribution in [0, 0.1) is 5.41 Å². The molecule has 0 bridgehead atoms. The number of amidine groups is 1. The van der Waals surface area contributed by atoms with Gasteiger partial charge >= 0.3 is 0 Å². The van der Waals surface area contributed by atoms with Crippen LogP contribution in [0.3, 0.4) is 0 Å². The Morgan fingerprint density at radius 1 is 1.14 bits per heavy atom. The molecule has 1 saturated carbocycles. The molecule has 0 aromatic rings. The average Bonchev–Trinajstić information content (AvgIpc) is 2.02. The fraction of sp³-hybridized carbons (Fsp3) is 0.917. The Morgan fingerprint density at radius 3 is 2.07 bits per heavy atom. The molecule has 0 unspecified atom stereocenters. The first-order valence-electron chi connectivity index (χ1n) is 5.69. The van der Waals surface area contributed by atoms with Crippen molar-refractivity contribution in [1.82, 2.24) is 0 Å². The van der Waals surface area contributed by atoms with Crippen molar-refractivity contribution < 1.29 is 0 Å². The minimum atomic E-state index is -0.0372. The van der Waals surface area contributed by atoms with Crippen LogP contribution in [0.5, 0.6) is 0 Å². The molecule has 2 nitrogen and oxygen atoms in total. The summed E-state index contributed by atoms with van der Waals surface area (Å²) in [5, 5.41) is 0. The summed E-state index contributed by atoms with van der Waals surface area (Å²) < 4.78 is 0. The van der Waals surface area contributed by atoms with E-state index in [-0.39, 0.29) is 11.0 Å². The molecule has 0 spiro atoms. The molecule has 82 valence electrons. The monoisotopic (exact) mass is 196 g/mol. The van der Waals surface area contributed by atoms with E-state index in [0.717, 1.165) is 5.84 Å². The number of hydrogen-bond acceptors (Lipinski definition) is 1. The molecule has 0 saturated heterocycles. The maximum absolute atomic E-state index is 6.12. The minimum absolute atomic E-state index is 0.0372. The molecular formula is C12H24N2. The Kier molecular flexibility index (Phi) is 3.23. The zero-order valence-electron chi connectivity index (χ0n) is 10.1. The third-order valence-electron chi connectivity index (χ3n) is 3.03. The van der Waals surface area contributed by atoms with Gasteiger partial charge in [0.1, 0.15) is 5.84 Å². The normalized spacial score (nSPS) is 23.6. The van der Waals surface area contributed by atoms with E-state index < -0.39 is 0 Å². The number of nitrogens with zero attached hydrogens (tertiary/aromatic N) is 1. The van der Waals surface area contributed by atoms with Crippen LogP contribution in [0.15, 0.2) is 4.99 Å². The summed E-state index contributed by atoms with van der Waals surface area (Å²) in [5.41, 5.74) is 6.25. The second-order valence-electron chi connectivity index (χ2n) is 5.79. The van der Waals surface area contributed by atoms with Crippen molar-refractivity contribution in [1.29, 1.82) is 0 Å². The third-order valence-corrected chi connectivity index (χ3v) is 3.03. The van der Waals surface area contributed by atoms with Gasteiger partial charge in [0.25, 0.3) is 0 Å². The molecule has 2 heteroatoms. The molecule has 1 fully saturated rings. The van der Waals surface area contributed by atoms with Crippen molar-refractivity contribution >= 4 is 5.84 Å². The molecule has 0 aromatic carbocycles. The van der Waals surface area contributed by atoms with Crippen LogP contribution in [0.1, 0.15) is 59.8 Å². The standard InChI is InChI=1S/C12H24N2/c1-11(2,3)14-10(13)12(4)8-6-5-7-9-12/h5-9H2,1-4H3,(H2,13,14). The Morgan fingerprint density at radius 2 is 1.64 bits per heavy atom. The lowest BCUT2D eigenvalue weighted by molar-refractivity contribution is 0.306. The Bertz CT molecular complexity index is 217. The molecule has 0 radical (unpaired) electrons. The third kappa shape index (κ3) is 3.00. The maximum atomic E-state index is 6.12. The van der Waals surface area contributed by atoms with Gasteiger partial charge in [0.15, 0.2) is 0 Å². The zero-order valence-corrected chi connectivity index (χ0v) is 10.1. The maximum Gasteiger partial charge on any atom is 0.100 e. The molecule has 1 aliphatic rings. The van der Waals surface area contributed by atoms with E-state index in [0.29, 0.717) is 0 Å². The molecule has 0 aromatic heterocycles. The summed E-state index contributed by atoms with van der Waals surface area (Å²) in [5.74, 6) is 0.865. The van der Waals surface area contributed by atoms with E-state index in [1.54, 1.807) is 0 Å². The molecule has 14 heavy (non-hydrogen) atoms. The van der Waals surface area contributed by atoms with E-state index in [2.05, 4.69) is 32.7 Å². The van der Waals surface area contributed by atoms with Gasteiger partial charge < -0.3 is 5.73 Å². The molecular weight excluding hydrogens is 172 g/mol. The minimum Gasteiger partial charge on any atom is -0.387 e. The average molecular weight is 196 g/mol. The number of aliphatic imine (C=N–C) groups is 1. The van der Waals surface area contributed by atoms with Gasteiger partial charge in [0, 0.05) is 5.41 Å². The lowest BCUT2D eigenvalue weighted by Crippen LogP contribution is -2.38. The molecule has 0 amide bonds. The first kappa shape index (κ1) is 11.5. The first-order chi connectivity index (χ1) is 6.33. The largest absolute Gasteiger partial charge is 0.387 e. The van der Waals surface area contributed by atoms with E-state index >= 15 is 0 Å². The molecule has 0 heterocycles. The van der Waals surface area contributed by atoms with E-state index in [1.807, 2.05) is 0 Å². The van der Waals surface area contributed by atoms with Gasteiger partial charge in [-0.2, -0.15) is 0 Å². The fourth-order valence-electron chi connectivity index (χ4n) is 2.08. The van der Waals surface area contributed by atoms with Gasteiger partial charge in [-0.25, -0.2) is 0 Å². The summed E-state index contributed by atoms with van der Waals surface area (Å²) >= 11 is 0. The van der Waals surface area contributed by atoms with Crippen LogP contribution >= 0.6 is 0 Å².